The maximum Gasteiger partial charge on any atom is 0.246 e. The van der Waals surface area contributed by atoms with Crippen molar-refractivity contribution in [1.82, 2.24) is 9.80 Å². The monoisotopic (exact) mass is 369 g/mol. The molecule has 3 rings (SSSR count). The van der Waals surface area contributed by atoms with Gasteiger partial charge in [-0.1, -0.05) is 24.8 Å². The zero-order valence-electron chi connectivity index (χ0n) is 15.9. The van der Waals surface area contributed by atoms with E-state index in [-0.39, 0.29) is 30.2 Å². The first kappa shape index (κ1) is 19.1. The maximum atomic E-state index is 12.8. The van der Waals surface area contributed by atoms with Gasteiger partial charge in [-0.25, -0.2) is 0 Å². The molecule has 0 unspecified atom stereocenters. The summed E-state index contributed by atoms with van der Waals surface area (Å²) < 4.78 is 0. The van der Waals surface area contributed by atoms with Crippen LogP contribution in [-0.2, 0) is 20.8 Å². The standard InChI is InChI=1S/C21H27N3O3/c1-3-19(25)23-13-10-17(11-14-23)21(27)22(2)15-20(26)24-12-6-8-16-7-4-5-9-18(16)24/h3-5,7,9,17H,1,6,8,10-15H2,2H3. The topological polar surface area (TPSA) is 60.9 Å². The fraction of sp³-hybridized carbons (Fsp3) is 0.476. The molecule has 1 saturated heterocycles. The lowest BCUT2D eigenvalue weighted by atomic mass is 9.95. The third-order valence-corrected chi connectivity index (χ3v) is 5.49. The zero-order chi connectivity index (χ0) is 19.4. The average Bonchev–Trinajstić information content (AvgIpc) is 2.72. The second kappa shape index (κ2) is 8.37. The van der Waals surface area contributed by atoms with Gasteiger partial charge in [0.25, 0.3) is 0 Å². The number of amides is 3. The van der Waals surface area contributed by atoms with Crippen molar-refractivity contribution in [2.45, 2.75) is 25.7 Å². The SMILES string of the molecule is C=CC(=O)N1CCC(C(=O)N(C)CC(=O)N2CCCc3ccccc32)CC1. The largest absolute Gasteiger partial charge is 0.339 e. The van der Waals surface area contributed by atoms with Crippen molar-refractivity contribution in [3.63, 3.8) is 0 Å². The Bertz CT molecular complexity index is 738. The molecule has 144 valence electrons. The Balaban J connectivity index is 1.57. The molecular weight excluding hydrogens is 342 g/mol. The van der Waals surface area contributed by atoms with Crippen LogP contribution >= 0.6 is 0 Å². The van der Waals surface area contributed by atoms with Crippen LogP contribution in [0, 0.1) is 5.92 Å². The first-order valence-electron chi connectivity index (χ1n) is 9.56. The number of hydrogen-bond donors (Lipinski definition) is 0. The molecule has 2 aliphatic heterocycles. The van der Waals surface area contributed by atoms with Gasteiger partial charge >= 0.3 is 0 Å². The number of fused-ring (bicyclic) bond motifs is 1. The maximum absolute atomic E-state index is 12.8. The molecule has 2 heterocycles. The Morgan fingerprint density at radius 2 is 1.89 bits per heavy atom. The second-order valence-corrected chi connectivity index (χ2v) is 7.28. The molecule has 6 heteroatoms. The van der Waals surface area contributed by atoms with Gasteiger partial charge in [-0.15, -0.1) is 0 Å². The molecular formula is C21H27N3O3. The molecule has 1 aromatic rings. The van der Waals surface area contributed by atoms with Crippen LogP contribution in [0.1, 0.15) is 24.8 Å². The molecule has 0 atom stereocenters. The van der Waals surface area contributed by atoms with Crippen LogP contribution in [0.4, 0.5) is 5.69 Å². The number of likely N-dealkylation sites (tertiary alicyclic amines) is 1. The third-order valence-electron chi connectivity index (χ3n) is 5.49. The van der Waals surface area contributed by atoms with E-state index in [2.05, 4.69) is 12.6 Å². The third kappa shape index (κ3) is 4.21. The highest BCUT2D eigenvalue weighted by Crippen LogP contribution is 2.27. The van der Waals surface area contributed by atoms with Crippen molar-refractivity contribution in [1.29, 1.82) is 0 Å². The predicted octanol–water partition coefficient (Wildman–Crippen LogP) is 1.85. The molecule has 0 radical (unpaired) electrons. The van der Waals surface area contributed by atoms with Gasteiger partial charge in [-0.05, 0) is 43.4 Å². The first-order valence-corrected chi connectivity index (χ1v) is 9.56. The van der Waals surface area contributed by atoms with E-state index in [4.69, 9.17) is 0 Å². The molecule has 0 saturated carbocycles. The minimum absolute atomic E-state index is 0.0145. The molecule has 0 spiro atoms. The van der Waals surface area contributed by atoms with Crippen LogP contribution < -0.4 is 4.90 Å². The van der Waals surface area contributed by atoms with Crippen molar-refractivity contribution >= 4 is 23.4 Å². The van der Waals surface area contributed by atoms with E-state index < -0.39 is 0 Å². The molecule has 3 amide bonds. The number of rotatable bonds is 4. The Hall–Kier alpha value is -2.63. The number of aryl methyl sites for hydroxylation is 1. The van der Waals surface area contributed by atoms with E-state index in [9.17, 15) is 14.4 Å². The van der Waals surface area contributed by atoms with Crippen LogP contribution in [0.25, 0.3) is 0 Å². The number of carbonyl (C=O) groups excluding carboxylic acids is 3. The minimum Gasteiger partial charge on any atom is -0.339 e. The lowest BCUT2D eigenvalue weighted by molar-refractivity contribution is -0.140. The Kier molecular flexibility index (Phi) is 5.94. The number of benzene rings is 1. The summed E-state index contributed by atoms with van der Waals surface area (Å²) >= 11 is 0. The van der Waals surface area contributed by atoms with E-state index in [0.29, 0.717) is 32.5 Å². The second-order valence-electron chi connectivity index (χ2n) is 7.28. The minimum atomic E-state index is -0.134. The van der Waals surface area contributed by atoms with Crippen molar-refractivity contribution < 1.29 is 14.4 Å². The van der Waals surface area contributed by atoms with Gasteiger partial charge in [-0.2, -0.15) is 0 Å². The fourth-order valence-corrected chi connectivity index (χ4v) is 3.95. The van der Waals surface area contributed by atoms with Crippen molar-refractivity contribution in [3.8, 4) is 0 Å². The number of likely N-dealkylation sites (N-methyl/N-ethyl adjacent to an activating group) is 1. The van der Waals surface area contributed by atoms with E-state index in [1.54, 1.807) is 16.8 Å². The summed E-state index contributed by atoms with van der Waals surface area (Å²) in [7, 11) is 1.69. The first-order chi connectivity index (χ1) is 13.0. The number of carbonyl (C=O) groups is 3. The summed E-state index contributed by atoms with van der Waals surface area (Å²) in [6, 6.07) is 7.96. The Morgan fingerprint density at radius 3 is 2.59 bits per heavy atom. The number of piperidine rings is 1. The molecule has 0 aliphatic carbocycles. The highest BCUT2D eigenvalue weighted by atomic mass is 16.2. The van der Waals surface area contributed by atoms with E-state index in [0.717, 1.165) is 18.5 Å². The smallest absolute Gasteiger partial charge is 0.246 e. The van der Waals surface area contributed by atoms with Crippen LogP contribution in [0.2, 0.25) is 0 Å². The number of para-hydroxylation sites is 1. The lowest BCUT2D eigenvalue weighted by Gasteiger charge is -2.34. The van der Waals surface area contributed by atoms with Crippen LogP contribution in [0.15, 0.2) is 36.9 Å². The van der Waals surface area contributed by atoms with Gasteiger partial charge in [0.1, 0.15) is 0 Å². The summed E-state index contributed by atoms with van der Waals surface area (Å²) in [6.45, 7) is 5.40. The van der Waals surface area contributed by atoms with Crippen LogP contribution in [0.5, 0.6) is 0 Å². The Morgan fingerprint density at radius 1 is 1.19 bits per heavy atom. The summed E-state index contributed by atoms with van der Waals surface area (Å²) in [5.74, 6) is -0.282. The molecule has 1 aromatic carbocycles. The van der Waals surface area contributed by atoms with E-state index in [1.165, 1.54) is 16.5 Å². The number of anilines is 1. The normalized spacial score (nSPS) is 17.2. The average molecular weight is 369 g/mol. The lowest BCUT2D eigenvalue weighted by Crippen LogP contribution is -2.47. The van der Waals surface area contributed by atoms with Gasteiger partial charge in [0.15, 0.2) is 0 Å². The molecule has 0 N–H and O–H groups in total. The summed E-state index contributed by atoms with van der Waals surface area (Å²) in [4.78, 5) is 42.3. The van der Waals surface area contributed by atoms with Gasteiger partial charge in [-0.3, -0.25) is 14.4 Å². The highest BCUT2D eigenvalue weighted by Gasteiger charge is 2.30. The van der Waals surface area contributed by atoms with Gasteiger partial charge < -0.3 is 14.7 Å². The zero-order valence-corrected chi connectivity index (χ0v) is 15.9. The highest BCUT2D eigenvalue weighted by molar-refractivity contribution is 5.97. The molecule has 2 aliphatic rings. The number of nitrogens with zero attached hydrogens (tertiary/aromatic N) is 3. The number of hydrogen-bond acceptors (Lipinski definition) is 3. The molecule has 1 fully saturated rings. The molecule has 0 bridgehead atoms. The summed E-state index contributed by atoms with van der Waals surface area (Å²) in [5.41, 5.74) is 2.15. The van der Waals surface area contributed by atoms with Crippen LogP contribution in [-0.4, -0.2) is 60.7 Å². The van der Waals surface area contributed by atoms with E-state index in [1.807, 2.05) is 18.2 Å². The molecule has 6 nitrogen and oxygen atoms in total. The summed E-state index contributed by atoms with van der Waals surface area (Å²) in [5, 5.41) is 0. The Labute approximate surface area is 160 Å². The van der Waals surface area contributed by atoms with Gasteiger partial charge in [0, 0.05) is 38.3 Å². The van der Waals surface area contributed by atoms with E-state index >= 15 is 0 Å². The summed E-state index contributed by atoms with van der Waals surface area (Å²) in [6.07, 6.45) is 4.49. The molecule has 27 heavy (non-hydrogen) atoms. The quantitative estimate of drug-likeness (QED) is 0.761. The van der Waals surface area contributed by atoms with Gasteiger partial charge in [0.2, 0.25) is 17.7 Å². The predicted molar refractivity (Wildman–Crippen MR) is 104 cm³/mol. The van der Waals surface area contributed by atoms with Crippen molar-refractivity contribution in [2.24, 2.45) is 5.92 Å². The van der Waals surface area contributed by atoms with Gasteiger partial charge in [0.05, 0.1) is 6.54 Å². The van der Waals surface area contributed by atoms with Crippen molar-refractivity contribution in [2.75, 3.05) is 38.1 Å². The van der Waals surface area contributed by atoms with Crippen molar-refractivity contribution in [3.05, 3.63) is 42.5 Å². The van der Waals surface area contributed by atoms with Crippen LogP contribution in [0.3, 0.4) is 0 Å². The fourth-order valence-electron chi connectivity index (χ4n) is 3.95. The molecule has 0 aromatic heterocycles.